The topological polar surface area (TPSA) is 59.1 Å². The molecule has 3 nitrogen and oxygen atoms in total. The molecule has 0 aromatic rings. The lowest BCUT2D eigenvalue weighted by molar-refractivity contribution is 0.0921. The molecule has 0 unspecified atom stereocenters. The van der Waals surface area contributed by atoms with Gasteiger partial charge in [0, 0.05) is 5.75 Å². The maximum atomic E-state index is 6.87. The summed E-state index contributed by atoms with van der Waals surface area (Å²) in [5.74, 6) is 0.771. The average molecular weight is 162 g/mol. The highest BCUT2D eigenvalue weighted by atomic mass is 32.2. The van der Waals surface area contributed by atoms with E-state index in [1.165, 1.54) is 11.8 Å². The van der Waals surface area contributed by atoms with Gasteiger partial charge in [-0.2, -0.15) is 0 Å². The molecule has 0 amide bonds. The zero-order valence-electron chi connectivity index (χ0n) is 6.39. The SMILES string of the molecule is CC(C)OCCSC(=N)N. The monoisotopic (exact) mass is 162 g/mol. The number of ether oxygens (including phenoxy) is 1. The third kappa shape index (κ3) is 7.78. The number of hydrogen-bond acceptors (Lipinski definition) is 3. The van der Waals surface area contributed by atoms with Crippen LogP contribution in [0.2, 0.25) is 0 Å². The van der Waals surface area contributed by atoms with Gasteiger partial charge in [-0.1, -0.05) is 11.8 Å². The van der Waals surface area contributed by atoms with Crippen molar-refractivity contribution in [3.63, 3.8) is 0 Å². The van der Waals surface area contributed by atoms with Gasteiger partial charge in [-0.3, -0.25) is 5.41 Å². The Morgan fingerprint density at radius 1 is 1.70 bits per heavy atom. The Morgan fingerprint density at radius 2 is 2.30 bits per heavy atom. The predicted octanol–water partition coefficient (Wildman–Crippen LogP) is 1.04. The van der Waals surface area contributed by atoms with Crippen LogP contribution in [0.1, 0.15) is 13.8 Å². The lowest BCUT2D eigenvalue weighted by Crippen LogP contribution is -2.10. The molecule has 0 radical (unpaired) electrons. The predicted molar refractivity (Wildman–Crippen MR) is 45.5 cm³/mol. The molecule has 0 saturated heterocycles. The van der Waals surface area contributed by atoms with Crippen LogP contribution in [0.4, 0.5) is 0 Å². The summed E-state index contributed by atoms with van der Waals surface area (Å²) in [5.41, 5.74) is 5.10. The van der Waals surface area contributed by atoms with E-state index >= 15 is 0 Å². The molecule has 0 aliphatic rings. The van der Waals surface area contributed by atoms with Gasteiger partial charge in [-0.25, -0.2) is 0 Å². The average Bonchev–Trinajstić information content (AvgIpc) is 1.79. The van der Waals surface area contributed by atoms with Gasteiger partial charge in [0.05, 0.1) is 12.7 Å². The maximum absolute atomic E-state index is 6.87. The van der Waals surface area contributed by atoms with Crippen LogP contribution < -0.4 is 5.73 Å². The van der Waals surface area contributed by atoms with Crippen LogP contribution >= 0.6 is 11.8 Å². The highest BCUT2D eigenvalue weighted by molar-refractivity contribution is 8.13. The summed E-state index contributed by atoms with van der Waals surface area (Å²) >= 11 is 1.31. The van der Waals surface area contributed by atoms with Crippen molar-refractivity contribution in [1.29, 1.82) is 5.41 Å². The van der Waals surface area contributed by atoms with E-state index in [9.17, 15) is 0 Å². The third-order valence-electron chi connectivity index (χ3n) is 0.792. The van der Waals surface area contributed by atoms with Gasteiger partial charge in [-0.05, 0) is 13.8 Å². The van der Waals surface area contributed by atoms with E-state index in [1.807, 2.05) is 13.8 Å². The van der Waals surface area contributed by atoms with Crippen molar-refractivity contribution in [2.45, 2.75) is 20.0 Å². The first-order valence-corrected chi connectivity index (χ1v) is 4.20. The second kappa shape index (κ2) is 5.56. The minimum Gasteiger partial charge on any atom is -0.379 e. The number of hydrogen-bond donors (Lipinski definition) is 2. The molecular formula is C6H14N2OS. The van der Waals surface area contributed by atoms with Crippen molar-refractivity contribution in [2.75, 3.05) is 12.4 Å². The van der Waals surface area contributed by atoms with Gasteiger partial charge >= 0.3 is 0 Å². The number of thioether (sulfide) groups is 1. The maximum Gasteiger partial charge on any atom is 0.151 e. The zero-order chi connectivity index (χ0) is 7.98. The van der Waals surface area contributed by atoms with Crippen LogP contribution in [0.5, 0.6) is 0 Å². The second-order valence-corrected chi connectivity index (χ2v) is 3.27. The van der Waals surface area contributed by atoms with Crippen LogP contribution in [0, 0.1) is 5.41 Å². The van der Waals surface area contributed by atoms with Gasteiger partial charge in [0.2, 0.25) is 0 Å². The molecule has 0 aliphatic heterocycles. The molecular weight excluding hydrogens is 148 g/mol. The zero-order valence-corrected chi connectivity index (χ0v) is 7.20. The summed E-state index contributed by atoms with van der Waals surface area (Å²) in [4.78, 5) is 0. The number of nitrogens with one attached hydrogen (secondary N) is 1. The van der Waals surface area contributed by atoms with Crippen LogP contribution in [-0.2, 0) is 4.74 Å². The van der Waals surface area contributed by atoms with E-state index < -0.39 is 0 Å². The van der Waals surface area contributed by atoms with Crippen molar-refractivity contribution < 1.29 is 4.74 Å². The fraction of sp³-hybridized carbons (Fsp3) is 0.833. The van der Waals surface area contributed by atoms with Gasteiger partial charge in [0.15, 0.2) is 5.17 Å². The molecule has 0 saturated carbocycles. The minimum atomic E-state index is 0.160. The smallest absolute Gasteiger partial charge is 0.151 e. The number of amidine groups is 1. The first-order chi connectivity index (χ1) is 4.63. The van der Waals surface area contributed by atoms with E-state index in [2.05, 4.69) is 0 Å². The van der Waals surface area contributed by atoms with Gasteiger partial charge in [0.1, 0.15) is 0 Å². The first-order valence-electron chi connectivity index (χ1n) is 3.21. The Morgan fingerprint density at radius 3 is 2.70 bits per heavy atom. The summed E-state index contributed by atoms with van der Waals surface area (Å²) in [7, 11) is 0. The normalized spacial score (nSPS) is 10.3. The summed E-state index contributed by atoms with van der Waals surface area (Å²) in [6, 6.07) is 0. The highest BCUT2D eigenvalue weighted by Crippen LogP contribution is 1.98. The van der Waals surface area contributed by atoms with Gasteiger partial charge in [0.25, 0.3) is 0 Å². The molecule has 0 bridgehead atoms. The quantitative estimate of drug-likeness (QED) is 0.369. The van der Waals surface area contributed by atoms with E-state index in [1.54, 1.807) is 0 Å². The Hall–Kier alpha value is -0.220. The summed E-state index contributed by atoms with van der Waals surface area (Å²) in [6.07, 6.45) is 0.271. The van der Waals surface area contributed by atoms with Gasteiger partial charge in [-0.15, -0.1) is 0 Å². The molecule has 3 N–H and O–H groups in total. The molecule has 0 aromatic carbocycles. The molecule has 60 valence electrons. The Kier molecular flexibility index (Phi) is 5.43. The van der Waals surface area contributed by atoms with Crippen molar-refractivity contribution >= 4 is 16.9 Å². The molecule has 0 aromatic heterocycles. The first kappa shape index (κ1) is 9.78. The van der Waals surface area contributed by atoms with Crippen molar-refractivity contribution in [1.82, 2.24) is 0 Å². The summed E-state index contributed by atoms with van der Waals surface area (Å²) < 4.78 is 5.22. The van der Waals surface area contributed by atoms with E-state index in [4.69, 9.17) is 15.9 Å². The van der Waals surface area contributed by atoms with Crippen LogP contribution in [0.25, 0.3) is 0 Å². The fourth-order valence-electron chi connectivity index (χ4n) is 0.435. The molecule has 4 heteroatoms. The van der Waals surface area contributed by atoms with E-state index in [-0.39, 0.29) is 11.3 Å². The van der Waals surface area contributed by atoms with Gasteiger partial charge < -0.3 is 10.5 Å². The number of nitrogens with two attached hydrogens (primary N) is 1. The minimum absolute atomic E-state index is 0.160. The third-order valence-corrected chi connectivity index (χ3v) is 1.47. The fourth-order valence-corrected chi connectivity index (χ4v) is 0.835. The van der Waals surface area contributed by atoms with Crippen LogP contribution in [0.3, 0.4) is 0 Å². The number of rotatable bonds is 4. The van der Waals surface area contributed by atoms with Crippen molar-refractivity contribution in [3.8, 4) is 0 Å². The standard InChI is InChI=1S/C6H14N2OS/c1-5(2)9-3-4-10-6(7)8/h5H,3-4H2,1-2H3,(H3,7,8). The highest BCUT2D eigenvalue weighted by Gasteiger charge is 1.93. The molecule has 0 aliphatic carbocycles. The second-order valence-electron chi connectivity index (χ2n) is 2.13. The van der Waals surface area contributed by atoms with Crippen molar-refractivity contribution in [2.24, 2.45) is 5.73 Å². The van der Waals surface area contributed by atoms with E-state index in [0.29, 0.717) is 6.61 Å². The largest absolute Gasteiger partial charge is 0.379 e. The summed E-state index contributed by atoms with van der Waals surface area (Å²) in [5, 5.41) is 7.02. The van der Waals surface area contributed by atoms with Crippen molar-refractivity contribution in [3.05, 3.63) is 0 Å². The lowest BCUT2D eigenvalue weighted by Gasteiger charge is -2.05. The Balaban J connectivity index is 2.98. The molecule has 0 heterocycles. The lowest BCUT2D eigenvalue weighted by atomic mass is 10.5. The Labute approximate surface area is 65.8 Å². The van der Waals surface area contributed by atoms with Crippen LogP contribution in [0.15, 0.2) is 0 Å². The molecule has 0 spiro atoms. The molecule has 0 fully saturated rings. The molecule has 0 atom stereocenters. The molecule has 10 heavy (non-hydrogen) atoms. The molecule has 0 rings (SSSR count). The van der Waals surface area contributed by atoms with E-state index in [0.717, 1.165) is 5.75 Å². The van der Waals surface area contributed by atoms with Crippen LogP contribution in [-0.4, -0.2) is 23.6 Å². The Bertz CT molecular complexity index is 106. The summed E-state index contributed by atoms with van der Waals surface area (Å²) in [6.45, 7) is 4.64.